The Morgan fingerprint density at radius 1 is 2.00 bits per heavy atom. The Bertz CT molecular complexity index is 164. The van der Waals surface area contributed by atoms with E-state index in [1.807, 2.05) is 0 Å². The standard InChI is InChI=1S/C5H7NO3/c1-3-2-4(5(7)8)9-6-3/h4H,2H2,1H3,(H,7,8)/t4-/m0/s1. The van der Waals surface area contributed by atoms with Crippen LogP contribution < -0.4 is 0 Å². The average molecular weight is 129 g/mol. The SMILES string of the molecule is CC1=NO[C@H](C(=O)O)C1. The fraction of sp³-hybridized carbons (Fsp3) is 0.600. The molecule has 0 aromatic carbocycles. The molecule has 0 unspecified atom stereocenters. The van der Waals surface area contributed by atoms with Gasteiger partial charge >= 0.3 is 5.97 Å². The highest BCUT2D eigenvalue weighted by Crippen LogP contribution is 2.09. The minimum absolute atomic E-state index is 0.412. The first-order valence-electron chi connectivity index (χ1n) is 2.62. The molecule has 0 amide bonds. The maximum atomic E-state index is 10.1. The summed E-state index contributed by atoms with van der Waals surface area (Å²) in [5.41, 5.74) is 0.738. The maximum absolute atomic E-state index is 10.1. The van der Waals surface area contributed by atoms with Gasteiger partial charge in [0.1, 0.15) is 0 Å². The quantitative estimate of drug-likeness (QED) is 0.551. The third-order valence-corrected chi connectivity index (χ3v) is 1.09. The van der Waals surface area contributed by atoms with Crippen LogP contribution in [0.3, 0.4) is 0 Å². The van der Waals surface area contributed by atoms with Crippen molar-refractivity contribution in [1.29, 1.82) is 0 Å². The van der Waals surface area contributed by atoms with Gasteiger partial charge in [0.2, 0.25) is 6.10 Å². The molecule has 0 aromatic rings. The highest BCUT2D eigenvalue weighted by atomic mass is 16.7. The van der Waals surface area contributed by atoms with Crippen molar-refractivity contribution in [3.63, 3.8) is 0 Å². The van der Waals surface area contributed by atoms with Crippen molar-refractivity contribution in [3.05, 3.63) is 0 Å². The number of hydrogen-bond donors (Lipinski definition) is 1. The first kappa shape index (κ1) is 6.07. The summed E-state index contributed by atoms with van der Waals surface area (Å²) >= 11 is 0. The minimum Gasteiger partial charge on any atom is -0.478 e. The Hall–Kier alpha value is -1.06. The van der Waals surface area contributed by atoms with Crippen LogP contribution in [0.25, 0.3) is 0 Å². The summed E-state index contributed by atoms with van der Waals surface area (Å²) in [7, 11) is 0. The van der Waals surface area contributed by atoms with Crippen molar-refractivity contribution < 1.29 is 14.7 Å². The number of carbonyl (C=O) groups is 1. The molecule has 0 fully saturated rings. The molecule has 1 aliphatic heterocycles. The molecular formula is C5H7NO3. The van der Waals surface area contributed by atoms with Crippen LogP contribution in [0.15, 0.2) is 5.16 Å². The second kappa shape index (κ2) is 2.05. The van der Waals surface area contributed by atoms with Gasteiger partial charge in [-0.05, 0) is 6.92 Å². The van der Waals surface area contributed by atoms with E-state index in [-0.39, 0.29) is 0 Å². The Kier molecular flexibility index (Phi) is 1.38. The van der Waals surface area contributed by atoms with Crippen molar-refractivity contribution in [2.24, 2.45) is 5.16 Å². The number of aliphatic carboxylic acids is 1. The molecule has 0 aromatic heterocycles. The Labute approximate surface area is 52.1 Å². The van der Waals surface area contributed by atoms with Gasteiger partial charge in [-0.1, -0.05) is 5.16 Å². The zero-order valence-corrected chi connectivity index (χ0v) is 5.00. The summed E-state index contributed by atoms with van der Waals surface area (Å²) in [4.78, 5) is 14.7. The monoisotopic (exact) mass is 129 g/mol. The predicted molar refractivity (Wildman–Crippen MR) is 30.2 cm³/mol. The molecule has 0 aliphatic carbocycles. The van der Waals surface area contributed by atoms with Crippen molar-refractivity contribution >= 4 is 11.7 Å². The van der Waals surface area contributed by atoms with Gasteiger partial charge in [0.15, 0.2) is 0 Å². The lowest BCUT2D eigenvalue weighted by Gasteiger charge is -1.97. The van der Waals surface area contributed by atoms with E-state index in [1.54, 1.807) is 6.92 Å². The normalized spacial score (nSPS) is 25.0. The molecule has 50 valence electrons. The Morgan fingerprint density at radius 3 is 2.89 bits per heavy atom. The molecule has 1 rings (SSSR count). The van der Waals surface area contributed by atoms with Crippen LogP contribution in [0.1, 0.15) is 13.3 Å². The zero-order valence-electron chi connectivity index (χ0n) is 5.00. The molecule has 9 heavy (non-hydrogen) atoms. The van der Waals surface area contributed by atoms with Gasteiger partial charge in [-0.15, -0.1) is 0 Å². The summed E-state index contributed by atoms with van der Waals surface area (Å²) in [5, 5.41) is 11.8. The summed E-state index contributed by atoms with van der Waals surface area (Å²) < 4.78 is 0. The van der Waals surface area contributed by atoms with Crippen molar-refractivity contribution in [2.75, 3.05) is 0 Å². The van der Waals surface area contributed by atoms with Crippen molar-refractivity contribution in [1.82, 2.24) is 0 Å². The van der Waals surface area contributed by atoms with Crippen LogP contribution in [0.4, 0.5) is 0 Å². The molecule has 0 saturated heterocycles. The highest BCUT2D eigenvalue weighted by molar-refractivity contribution is 5.88. The van der Waals surface area contributed by atoms with Crippen LogP contribution in [0, 0.1) is 0 Å². The Morgan fingerprint density at radius 2 is 2.67 bits per heavy atom. The van der Waals surface area contributed by atoms with Gasteiger partial charge in [0.25, 0.3) is 0 Å². The second-order valence-electron chi connectivity index (χ2n) is 1.96. The highest BCUT2D eigenvalue weighted by Gasteiger charge is 2.24. The largest absolute Gasteiger partial charge is 0.478 e. The molecule has 1 heterocycles. The lowest BCUT2D eigenvalue weighted by atomic mass is 10.2. The van der Waals surface area contributed by atoms with Gasteiger partial charge in [0, 0.05) is 6.42 Å². The fourth-order valence-electron chi connectivity index (χ4n) is 0.629. The maximum Gasteiger partial charge on any atom is 0.348 e. The third kappa shape index (κ3) is 1.19. The summed E-state index contributed by atoms with van der Waals surface area (Å²) in [6, 6.07) is 0. The number of hydrogen-bond acceptors (Lipinski definition) is 3. The third-order valence-electron chi connectivity index (χ3n) is 1.09. The van der Waals surface area contributed by atoms with Gasteiger partial charge in [-0.3, -0.25) is 0 Å². The average Bonchev–Trinajstić information content (AvgIpc) is 2.14. The lowest BCUT2D eigenvalue weighted by molar-refractivity contribution is -0.148. The van der Waals surface area contributed by atoms with E-state index in [1.165, 1.54) is 0 Å². The molecule has 1 atom stereocenters. The minimum atomic E-state index is -0.949. The topological polar surface area (TPSA) is 58.9 Å². The number of nitrogens with zero attached hydrogens (tertiary/aromatic N) is 1. The van der Waals surface area contributed by atoms with Gasteiger partial charge < -0.3 is 9.94 Å². The summed E-state index contributed by atoms with van der Waals surface area (Å²) in [6.45, 7) is 1.74. The molecular weight excluding hydrogens is 122 g/mol. The molecule has 1 N–H and O–H groups in total. The van der Waals surface area contributed by atoms with Crippen LogP contribution in [0.5, 0.6) is 0 Å². The van der Waals surface area contributed by atoms with E-state index < -0.39 is 12.1 Å². The number of carboxylic acid groups (broad SMARTS) is 1. The second-order valence-corrected chi connectivity index (χ2v) is 1.96. The molecule has 0 spiro atoms. The van der Waals surface area contributed by atoms with Crippen LogP contribution in [0.2, 0.25) is 0 Å². The van der Waals surface area contributed by atoms with Crippen molar-refractivity contribution in [2.45, 2.75) is 19.4 Å². The van der Waals surface area contributed by atoms with Gasteiger partial charge in [-0.25, -0.2) is 4.79 Å². The molecule has 0 bridgehead atoms. The zero-order chi connectivity index (χ0) is 6.85. The number of rotatable bonds is 1. The van der Waals surface area contributed by atoms with Gasteiger partial charge in [-0.2, -0.15) is 0 Å². The molecule has 1 aliphatic rings. The molecule has 0 saturated carbocycles. The van der Waals surface area contributed by atoms with Crippen LogP contribution >= 0.6 is 0 Å². The van der Waals surface area contributed by atoms with E-state index in [0.29, 0.717) is 6.42 Å². The first-order valence-corrected chi connectivity index (χ1v) is 2.62. The smallest absolute Gasteiger partial charge is 0.348 e. The van der Waals surface area contributed by atoms with E-state index in [2.05, 4.69) is 9.99 Å². The molecule has 4 nitrogen and oxygen atoms in total. The summed E-state index contributed by atoms with van der Waals surface area (Å²) in [5.74, 6) is -0.949. The fourth-order valence-corrected chi connectivity index (χ4v) is 0.629. The number of oxime groups is 1. The van der Waals surface area contributed by atoms with E-state index in [0.717, 1.165) is 5.71 Å². The molecule has 0 radical (unpaired) electrons. The predicted octanol–water partition coefficient (Wildman–Crippen LogP) is 0.236. The first-order chi connectivity index (χ1) is 4.20. The van der Waals surface area contributed by atoms with E-state index >= 15 is 0 Å². The van der Waals surface area contributed by atoms with E-state index in [9.17, 15) is 4.79 Å². The van der Waals surface area contributed by atoms with Gasteiger partial charge in [0.05, 0.1) is 5.71 Å². The number of carboxylic acids is 1. The van der Waals surface area contributed by atoms with Crippen molar-refractivity contribution in [3.8, 4) is 0 Å². The summed E-state index contributed by atoms with van der Waals surface area (Å²) in [6.07, 6.45) is -0.333. The molecule has 4 heteroatoms. The van der Waals surface area contributed by atoms with Crippen LogP contribution in [-0.2, 0) is 9.63 Å². The van der Waals surface area contributed by atoms with E-state index in [4.69, 9.17) is 5.11 Å². The lowest BCUT2D eigenvalue weighted by Crippen LogP contribution is -2.19. The Balaban J connectivity index is 2.47. The van der Waals surface area contributed by atoms with Crippen LogP contribution in [-0.4, -0.2) is 22.9 Å².